The normalized spacial score (nSPS) is 11.7. The van der Waals surface area contributed by atoms with Gasteiger partial charge in [0, 0.05) is 5.02 Å². The molecule has 0 spiro atoms. The molecule has 0 aliphatic carbocycles. The Morgan fingerprint density at radius 2 is 1.61 bits per heavy atom. The molecule has 1 atom stereocenters. The summed E-state index contributed by atoms with van der Waals surface area (Å²) in [5.41, 5.74) is 6.99. The summed E-state index contributed by atoms with van der Waals surface area (Å²) in [5, 5.41) is 3.63. The van der Waals surface area contributed by atoms with Crippen molar-refractivity contribution < 1.29 is 9.59 Å². The zero-order chi connectivity index (χ0) is 16.7. The predicted octanol–water partition coefficient (Wildman–Crippen LogP) is 2.76. The summed E-state index contributed by atoms with van der Waals surface area (Å²) in [6, 6.07) is 16.8. The minimum absolute atomic E-state index is 0.129. The van der Waals surface area contributed by atoms with E-state index in [0.29, 0.717) is 5.02 Å². The molecule has 2 aromatic carbocycles. The largest absolute Gasteiger partial charge is 0.369 e. The number of carbonyl (C=O) groups is 2. The highest BCUT2D eigenvalue weighted by atomic mass is 35.5. The Balaban J connectivity index is 2.13. The molecule has 3 N–H and O–H groups in total. The molecule has 0 bridgehead atoms. The quantitative estimate of drug-likeness (QED) is 0.808. The molecular weight excluding hydrogens is 332 g/mol. The molecule has 4 nitrogen and oxygen atoms in total. The zero-order valence-corrected chi connectivity index (χ0v) is 13.9. The maximum absolute atomic E-state index is 12.1. The molecule has 0 heterocycles. The Morgan fingerprint density at radius 3 is 2.22 bits per heavy atom. The van der Waals surface area contributed by atoms with Gasteiger partial charge in [-0.15, -0.1) is 11.8 Å². The van der Waals surface area contributed by atoms with Crippen LogP contribution in [0.5, 0.6) is 0 Å². The third-order valence-corrected chi connectivity index (χ3v) is 4.33. The van der Waals surface area contributed by atoms with Crippen LogP contribution in [0.25, 0.3) is 0 Å². The summed E-state index contributed by atoms with van der Waals surface area (Å²) in [4.78, 5) is 22.9. The fraction of sp³-hybridized carbons (Fsp3) is 0.176. The molecule has 0 fully saturated rings. The highest BCUT2D eigenvalue weighted by Gasteiger charge is 2.16. The molecule has 2 amide bonds. The van der Waals surface area contributed by atoms with Crippen molar-refractivity contribution in [1.82, 2.24) is 5.32 Å². The standard InChI is InChI=1S/C17H17ClN2O2S/c18-14-8-6-13(7-9-14)17(12-4-2-1-3-5-12)20-16(22)11-23-10-15(19)21/h1-9,17H,10-11H2,(H2,19,21)(H,20,22). The van der Waals surface area contributed by atoms with E-state index >= 15 is 0 Å². The molecule has 1 unspecified atom stereocenters. The van der Waals surface area contributed by atoms with Crippen LogP contribution in [-0.2, 0) is 9.59 Å². The van der Waals surface area contributed by atoms with Crippen molar-refractivity contribution in [2.24, 2.45) is 5.73 Å². The molecule has 0 aliphatic heterocycles. The monoisotopic (exact) mass is 348 g/mol. The molecule has 0 aromatic heterocycles. The van der Waals surface area contributed by atoms with Gasteiger partial charge in [0.15, 0.2) is 0 Å². The lowest BCUT2D eigenvalue weighted by atomic mass is 9.99. The Kier molecular flexibility index (Phi) is 6.50. The number of benzene rings is 2. The van der Waals surface area contributed by atoms with Gasteiger partial charge < -0.3 is 11.1 Å². The van der Waals surface area contributed by atoms with Gasteiger partial charge in [-0.2, -0.15) is 0 Å². The first-order valence-corrected chi connectivity index (χ1v) is 8.55. The van der Waals surface area contributed by atoms with E-state index in [0.717, 1.165) is 11.1 Å². The number of nitrogens with two attached hydrogens (primary N) is 1. The average molecular weight is 349 g/mol. The van der Waals surface area contributed by atoms with E-state index in [1.807, 2.05) is 42.5 Å². The zero-order valence-electron chi connectivity index (χ0n) is 12.4. The van der Waals surface area contributed by atoms with Gasteiger partial charge in [-0.3, -0.25) is 9.59 Å². The van der Waals surface area contributed by atoms with E-state index in [1.54, 1.807) is 12.1 Å². The van der Waals surface area contributed by atoms with Crippen LogP contribution in [0.3, 0.4) is 0 Å². The van der Waals surface area contributed by atoms with E-state index in [2.05, 4.69) is 5.32 Å². The van der Waals surface area contributed by atoms with Crippen molar-refractivity contribution in [2.45, 2.75) is 6.04 Å². The second-order valence-corrected chi connectivity index (χ2v) is 6.34. The molecular formula is C17H17ClN2O2S. The molecule has 23 heavy (non-hydrogen) atoms. The smallest absolute Gasteiger partial charge is 0.230 e. The van der Waals surface area contributed by atoms with Crippen LogP contribution >= 0.6 is 23.4 Å². The first-order valence-electron chi connectivity index (χ1n) is 7.02. The first-order chi connectivity index (χ1) is 11.1. The number of halogens is 1. The molecule has 2 rings (SSSR count). The van der Waals surface area contributed by atoms with Crippen molar-refractivity contribution in [3.05, 3.63) is 70.7 Å². The topological polar surface area (TPSA) is 72.2 Å². The summed E-state index contributed by atoms with van der Waals surface area (Å²) < 4.78 is 0. The predicted molar refractivity (Wildman–Crippen MR) is 94.4 cm³/mol. The van der Waals surface area contributed by atoms with Gasteiger partial charge in [0.05, 0.1) is 17.5 Å². The highest BCUT2D eigenvalue weighted by Crippen LogP contribution is 2.23. The number of hydrogen-bond acceptors (Lipinski definition) is 3. The summed E-state index contributed by atoms with van der Waals surface area (Å²) in [6.07, 6.45) is 0. The van der Waals surface area contributed by atoms with Crippen LogP contribution < -0.4 is 11.1 Å². The van der Waals surface area contributed by atoms with Crippen LogP contribution in [0.4, 0.5) is 0 Å². The number of hydrogen-bond donors (Lipinski definition) is 2. The third-order valence-electron chi connectivity index (χ3n) is 3.12. The Morgan fingerprint density at radius 1 is 1.00 bits per heavy atom. The van der Waals surface area contributed by atoms with Gasteiger partial charge in [-0.25, -0.2) is 0 Å². The average Bonchev–Trinajstić information content (AvgIpc) is 2.54. The van der Waals surface area contributed by atoms with Gasteiger partial charge in [0.25, 0.3) is 0 Å². The van der Waals surface area contributed by atoms with Crippen molar-refractivity contribution in [3.63, 3.8) is 0 Å². The molecule has 2 aromatic rings. The fourth-order valence-corrected chi connectivity index (χ4v) is 2.80. The summed E-state index contributed by atoms with van der Waals surface area (Å²) >= 11 is 7.13. The van der Waals surface area contributed by atoms with Gasteiger partial charge in [0.2, 0.25) is 11.8 Å². The van der Waals surface area contributed by atoms with Gasteiger partial charge in [-0.05, 0) is 23.3 Å². The molecule has 0 saturated heterocycles. The number of carbonyl (C=O) groups excluding carboxylic acids is 2. The van der Waals surface area contributed by atoms with Crippen molar-refractivity contribution in [1.29, 1.82) is 0 Å². The highest BCUT2D eigenvalue weighted by molar-refractivity contribution is 8.00. The van der Waals surface area contributed by atoms with E-state index < -0.39 is 5.91 Å². The third kappa shape index (κ3) is 5.62. The van der Waals surface area contributed by atoms with Crippen LogP contribution in [0.2, 0.25) is 5.02 Å². The maximum Gasteiger partial charge on any atom is 0.230 e. The minimum atomic E-state index is -0.430. The van der Waals surface area contributed by atoms with E-state index in [9.17, 15) is 9.59 Å². The maximum atomic E-state index is 12.1. The molecule has 120 valence electrons. The van der Waals surface area contributed by atoms with E-state index in [4.69, 9.17) is 17.3 Å². The van der Waals surface area contributed by atoms with Crippen LogP contribution in [0.1, 0.15) is 17.2 Å². The molecule has 0 radical (unpaired) electrons. The minimum Gasteiger partial charge on any atom is -0.369 e. The summed E-state index contributed by atoms with van der Waals surface area (Å²) in [5.74, 6) is -0.273. The Hall–Kier alpha value is -1.98. The van der Waals surface area contributed by atoms with E-state index in [1.165, 1.54) is 11.8 Å². The fourth-order valence-electron chi connectivity index (χ4n) is 2.11. The van der Waals surface area contributed by atoms with E-state index in [-0.39, 0.29) is 23.5 Å². The number of thioether (sulfide) groups is 1. The van der Waals surface area contributed by atoms with Gasteiger partial charge in [0.1, 0.15) is 0 Å². The van der Waals surface area contributed by atoms with Crippen molar-refractivity contribution in [2.75, 3.05) is 11.5 Å². The Bertz CT molecular complexity index is 662. The van der Waals surface area contributed by atoms with Crippen LogP contribution in [0.15, 0.2) is 54.6 Å². The number of rotatable bonds is 7. The number of nitrogens with one attached hydrogen (secondary N) is 1. The summed E-state index contributed by atoms with van der Waals surface area (Å²) in [7, 11) is 0. The Labute approximate surface area is 144 Å². The molecule has 6 heteroatoms. The SMILES string of the molecule is NC(=O)CSCC(=O)NC(c1ccccc1)c1ccc(Cl)cc1. The van der Waals surface area contributed by atoms with Crippen LogP contribution in [-0.4, -0.2) is 23.3 Å². The number of primary amides is 1. The second kappa shape index (κ2) is 8.60. The summed E-state index contributed by atoms with van der Waals surface area (Å²) in [6.45, 7) is 0. The second-order valence-electron chi connectivity index (χ2n) is 4.92. The lowest BCUT2D eigenvalue weighted by Crippen LogP contribution is -2.31. The van der Waals surface area contributed by atoms with Crippen LogP contribution in [0, 0.1) is 0 Å². The van der Waals surface area contributed by atoms with Crippen molar-refractivity contribution in [3.8, 4) is 0 Å². The van der Waals surface area contributed by atoms with Crippen molar-refractivity contribution >= 4 is 35.2 Å². The van der Waals surface area contributed by atoms with Gasteiger partial charge >= 0.3 is 0 Å². The first kappa shape index (κ1) is 17.4. The lowest BCUT2D eigenvalue weighted by Gasteiger charge is -2.20. The van der Waals surface area contributed by atoms with Gasteiger partial charge in [-0.1, -0.05) is 54.1 Å². The molecule has 0 saturated carbocycles. The number of amides is 2. The molecule has 0 aliphatic rings. The lowest BCUT2D eigenvalue weighted by molar-refractivity contribution is -0.119.